The minimum atomic E-state index is -0.459. The zero-order valence-electron chi connectivity index (χ0n) is 13.8. The third-order valence-corrected chi connectivity index (χ3v) is 3.91. The molecule has 0 radical (unpaired) electrons. The van der Waals surface area contributed by atoms with E-state index in [1.807, 2.05) is 25.1 Å². The first-order valence-corrected chi connectivity index (χ1v) is 8.37. The van der Waals surface area contributed by atoms with Crippen LogP contribution in [0.4, 0.5) is 5.69 Å². The zero-order valence-corrected chi connectivity index (χ0v) is 15.3. The van der Waals surface area contributed by atoms with Gasteiger partial charge in [-0.2, -0.15) is 0 Å². The molecule has 1 aromatic carbocycles. The molecule has 0 aliphatic carbocycles. The standard InChI is InChI=1S/C17H15ClN6OS/c1-11-3-2-4-15(21-11)23-9-14(20-10-23)16(25)22-24(17(19)26)13-7-5-12(18)6-8-13/h2-10H,1H3,(H2,19,26)(H,22,25). The molecule has 26 heavy (non-hydrogen) atoms. The third kappa shape index (κ3) is 3.98. The molecule has 0 aliphatic rings. The maximum Gasteiger partial charge on any atom is 0.290 e. The Bertz CT molecular complexity index is 956. The molecule has 0 unspecified atom stereocenters. The summed E-state index contributed by atoms with van der Waals surface area (Å²) in [6, 6.07) is 12.3. The molecular formula is C17H15ClN6OS. The van der Waals surface area contributed by atoms with E-state index < -0.39 is 5.91 Å². The number of hydrogen-bond acceptors (Lipinski definition) is 4. The average molecular weight is 387 g/mol. The van der Waals surface area contributed by atoms with Gasteiger partial charge in [0.05, 0.1) is 5.69 Å². The molecule has 2 aromatic heterocycles. The van der Waals surface area contributed by atoms with Gasteiger partial charge in [-0.15, -0.1) is 0 Å². The number of halogens is 1. The highest BCUT2D eigenvalue weighted by Crippen LogP contribution is 2.17. The van der Waals surface area contributed by atoms with Crippen molar-refractivity contribution in [2.75, 3.05) is 5.01 Å². The molecule has 0 bridgehead atoms. The Hall–Kier alpha value is -2.97. The molecule has 7 nitrogen and oxygen atoms in total. The number of nitrogens with two attached hydrogens (primary N) is 1. The molecule has 0 saturated heterocycles. The molecule has 9 heteroatoms. The van der Waals surface area contributed by atoms with Gasteiger partial charge in [0.25, 0.3) is 5.91 Å². The van der Waals surface area contributed by atoms with Crippen LogP contribution >= 0.6 is 23.8 Å². The predicted octanol–water partition coefficient (Wildman–Crippen LogP) is 2.62. The van der Waals surface area contributed by atoms with Crippen LogP contribution in [0.2, 0.25) is 5.02 Å². The van der Waals surface area contributed by atoms with E-state index in [1.165, 1.54) is 11.3 Å². The van der Waals surface area contributed by atoms with E-state index in [1.54, 1.807) is 35.0 Å². The summed E-state index contributed by atoms with van der Waals surface area (Å²) in [4.78, 5) is 21.0. The number of amides is 1. The Morgan fingerprint density at radius 1 is 1.27 bits per heavy atom. The van der Waals surface area contributed by atoms with Gasteiger partial charge in [0.15, 0.2) is 5.11 Å². The van der Waals surface area contributed by atoms with E-state index >= 15 is 0 Å². The van der Waals surface area contributed by atoms with E-state index in [2.05, 4.69) is 15.4 Å². The van der Waals surface area contributed by atoms with Gasteiger partial charge in [0.2, 0.25) is 0 Å². The minimum Gasteiger partial charge on any atom is -0.374 e. The molecule has 3 N–H and O–H groups in total. The highest BCUT2D eigenvalue weighted by Gasteiger charge is 2.17. The van der Waals surface area contributed by atoms with Gasteiger partial charge in [-0.3, -0.25) is 14.8 Å². The van der Waals surface area contributed by atoms with Crippen LogP contribution in [-0.4, -0.2) is 25.6 Å². The Morgan fingerprint density at radius 3 is 2.65 bits per heavy atom. The van der Waals surface area contributed by atoms with E-state index in [0.717, 1.165) is 5.69 Å². The second-order valence-corrected chi connectivity index (χ2v) is 6.25. The summed E-state index contributed by atoms with van der Waals surface area (Å²) < 4.78 is 1.66. The van der Waals surface area contributed by atoms with Crippen LogP contribution in [0, 0.1) is 6.92 Å². The van der Waals surface area contributed by atoms with Gasteiger partial charge >= 0.3 is 0 Å². The number of nitrogens with one attached hydrogen (secondary N) is 1. The number of carbonyl (C=O) groups excluding carboxylic acids is 1. The van der Waals surface area contributed by atoms with Crippen molar-refractivity contribution in [3.8, 4) is 5.82 Å². The SMILES string of the molecule is Cc1cccc(-n2cnc(C(=O)NN(C(N)=S)c3ccc(Cl)cc3)c2)n1. The van der Waals surface area contributed by atoms with Crippen LogP contribution in [0.25, 0.3) is 5.82 Å². The van der Waals surface area contributed by atoms with Crippen molar-refractivity contribution in [2.45, 2.75) is 6.92 Å². The first-order valence-electron chi connectivity index (χ1n) is 7.58. The number of hydrogen-bond donors (Lipinski definition) is 2. The third-order valence-electron chi connectivity index (χ3n) is 3.47. The Labute approximate surface area is 160 Å². The summed E-state index contributed by atoms with van der Waals surface area (Å²) in [7, 11) is 0. The van der Waals surface area contributed by atoms with Crippen molar-refractivity contribution in [3.63, 3.8) is 0 Å². The van der Waals surface area contributed by atoms with Gasteiger partial charge in [0.1, 0.15) is 17.8 Å². The molecule has 0 spiro atoms. The molecule has 3 rings (SSSR count). The van der Waals surface area contributed by atoms with Crippen molar-refractivity contribution in [1.29, 1.82) is 0 Å². The summed E-state index contributed by atoms with van der Waals surface area (Å²) in [5.74, 6) is 0.208. The molecule has 132 valence electrons. The highest BCUT2D eigenvalue weighted by molar-refractivity contribution is 7.80. The molecule has 0 fully saturated rings. The van der Waals surface area contributed by atoms with Crippen LogP contribution in [-0.2, 0) is 0 Å². The van der Waals surface area contributed by atoms with Crippen LogP contribution in [0.15, 0.2) is 55.0 Å². The number of aryl methyl sites for hydroxylation is 1. The fourth-order valence-electron chi connectivity index (χ4n) is 2.23. The zero-order chi connectivity index (χ0) is 18.7. The number of thiocarbonyl (C=S) groups is 1. The smallest absolute Gasteiger partial charge is 0.290 e. The van der Waals surface area contributed by atoms with Gasteiger partial charge in [-0.25, -0.2) is 15.0 Å². The summed E-state index contributed by atoms with van der Waals surface area (Å²) in [6.07, 6.45) is 3.10. The predicted molar refractivity (Wildman–Crippen MR) is 104 cm³/mol. The van der Waals surface area contributed by atoms with Crippen molar-refractivity contribution >= 4 is 40.5 Å². The molecule has 1 amide bonds. The van der Waals surface area contributed by atoms with E-state index in [9.17, 15) is 4.79 Å². The van der Waals surface area contributed by atoms with E-state index in [0.29, 0.717) is 16.5 Å². The van der Waals surface area contributed by atoms with Gasteiger partial charge in [0, 0.05) is 16.9 Å². The molecule has 2 heterocycles. The number of rotatable bonds is 3. The topological polar surface area (TPSA) is 89.1 Å². The Morgan fingerprint density at radius 2 is 2.00 bits per heavy atom. The highest BCUT2D eigenvalue weighted by atomic mass is 35.5. The number of hydrazine groups is 1. The first-order chi connectivity index (χ1) is 12.4. The van der Waals surface area contributed by atoms with E-state index in [-0.39, 0.29) is 10.8 Å². The number of imidazole rings is 1. The lowest BCUT2D eigenvalue weighted by atomic mass is 10.3. The Balaban J connectivity index is 1.80. The number of carbonyl (C=O) groups is 1. The fraction of sp³-hybridized carbons (Fsp3) is 0.0588. The summed E-state index contributed by atoms with van der Waals surface area (Å²) in [6.45, 7) is 1.89. The minimum absolute atomic E-state index is 0.0135. The number of pyridine rings is 1. The number of anilines is 1. The summed E-state index contributed by atoms with van der Waals surface area (Å²) in [5.41, 5.74) is 10.00. The Kier molecular flexibility index (Phi) is 5.15. The van der Waals surface area contributed by atoms with Crippen molar-refractivity contribution in [2.24, 2.45) is 5.73 Å². The van der Waals surface area contributed by atoms with Gasteiger partial charge in [-0.05, 0) is 55.5 Å². The number of nitrogens with zero attached hydrogens (tertiary/aromatic N) is 4. The molecule has 0 aliphatic heterocycles. The maximum absolute atomic E-state index is 12.5. The molecular weight excluding hydrogens is 372 g/mol. The lowest BCUT2D eigenvalue weighted by Gasteiger charge is -2.22. The lowest BCUT2D eigenvalue weighted by Crippen LogP contribution is -2.49. The summed E-state index contributed by atoms with van der Waals surface area (Å²) >= 11 is 10.9. The quantitative estimate of drug-likeness (QED) is 0.531. The van der Waals surface area contributed by atoms with Crippen LogP contribution < -0.4 is 16.2 Å². The van der Waals surface area contributed by atoms with Crippen molar-refractivity contribution in [3.05, 3.63) is 71.4 Å². The van der Waals surface area contributed by atoms with Crippen LogP contribution in [0.3, 0.4) is 0 Å². The second kappa shape index (κ2) is 7.51. The normalized spacial score (nSPS) is 10.4. The van der Waals surface area contributed by atoms with Crippen LogP contribution in [0.5, 0.6) is 0 Å². The van der Waals surface area contributed by atoms with Crippen molar-refractivity contribution in [1.82, 2.24) is 20.0 Å². The maximum atomic E-state index is 12.5. The van der Waals surface area contributed by atoms with Crippen molar-refractivity contribution < 1.29 is 4.79 Å². The monoisotopic (exact) mass is 386 g/mol. The molecule has 0 atom stereocenters. The molecule has 0 saturated carbocycles. The van der Waals surface area contributed by atoms with Gasteiger partial charge in [-0.1, -0.05) is 17.7 Å². The number of aromatic nitrogens is 3. The fourth-order valence-corrected chi connectivity index (χ4v) is 2.51. The largest absolute Gasteiger partial charge is 0.374 e. The average Bonchev–Trinajstić information content (AvgIpc) is 3.10. The summed E-state index contributed by atoms with van der Waals surface area (Å²) in [5, 5.41) is 1.84. The first kappa shape index (κ1) is 17.8. The number of benzene rings is 1. The van der Waals surface area contributed by atoms with Gasteiger partial charge < -0.3 is 5.73 Å². The lowest BCUT2D eigenvalue weighted by molar-refractivity contribution is 0.0950. The van der Waals surface area contributed by atoms with E-state index in [4.69, 9.17) is 29.6 Å². The molecule has 3 aromatic rings. The second-order valence-electron chi connectivity index (χ2n) is 5.39. The van der Waals surface area contributed by atoms with Crippen LogP contribution in [0.1, 0.15) is 16.2 Å².